The number of aromatic nitrogens is 2. The molecule has 0 aliphatic rings. The first-order valence-electron chi connectivity index (χ1n) is 6.39. The molecule has 0 saturated heterocycles. The number of rotatable bonds is 7. The van der Waals surface area contributed by atoms with Gasteiger partial charge in [-0.15, -0.1) is 0 Å². The molecule has 0 aliphatic heterocycles. The van der Waals surface area contributed by atoms with Crippen LogP contribution in [0.15, 0.2) is 17.3 Å². The van der Waals surface area contributed by atoms with Gasteiger partial charge < -0.3 is 4.74 Å². The van der Waals surface area contributed by atoms with Gasteiger partial charge in [-0.2, -0.15) is 5.10 Å². The first-order valence-corrected chi connectivity index (χ1v) is 7.87. The maximum absolute atomic E-state index is 11.9. The monoisotopic (exact) mass is 303 g/mol. The number of ether oxygens (including phenoxy) is 1. The lowest BCUT2D eigenvalue weighted by atomic mass is 10.1. The van der Waals surface area contributed by atoms with Crippen molar-refractivity contribution in [2.45, 2.75) is 38.2 Å². The van der Waals surface area contributed by atoms with Crippen molar-refractivity contribution >= 4 is 15.9 Å². The Bertz CT molecular complexity index is 551. The third kappa shape index (κ3) is 4.93. The van der Waals surface area contributed by atoms with Crippen molar-refractivity contribution < 1.29 is 17.9 Å². The summed E-state index contributed by atoms with van der Waals surface area (Å²) in [6.07, 6.45) is 2.49. The Morgan fingerprint density at radius 3 is 2.60 bits per heavy atom. The summed E-state index contributed by atoms with van der Waals surface area (Å²) in [6.45, 7) is 6.02. The highest BCUT2D eigenvalue weighted by Gasteiger charge is 2.23. The van der Waals surface area contributed by atoms with Gasteiger partial charge in [0.1, 0.15) is 11.0 Å². The molecule has 1 amide bonds. The molecule has 0 spiro atoms. The molecular formula is C12H21N3O4S. The third-order valence-electron chi connectivity index (χ3n) is 2.66. The maximum Gasteiger partial charge on any atom is 0.267 e. The minimum Gasteiger partial charge on any atom is -0.369 e. The topological polar surface area (TPSA) is 90.3 Å². The van der Waals surface area contributed by atoms with Crippen LogP contribution < -0.4 is 4.72 Å². The van der Waals surface area contributed by atoms with Crippen molar-refractivity contribution in [2.24, 2.45) is 13.0 Å². The molecular weight excluding hydrogens is 282 g/mol. The number of carbonyl (C=O) groups excluding carboxylic acids is 1. The van der Waals surface area contributed by atoms with E-state index in [1.54, 1.807) is 7.05 Å². The highest BCUT2D eigenvalue weighted by atomic mass is 32.2. The maximum atomic E-state index is 11.9. The summed E-state index contributed by atoms with van der Waals surface area (Å²) in [5.41, 5.74) is 0. The van der Waals surface area contributed by atoms with Gasteiger partial charge in [-0.1, -0.05) is 13.8 Å². The van der Waals surface area contributed by atoms with Crippen LogP contribution in [-0.4, -0.2) is 36.8 Å². The SMILES string of the molecule is CC(C)CCO[C@H](C)C(=O)NS(=O)(=O)c1cnn(C)c1. The molecule has 1 heterocycles. The number of sulfonamides is 1. The molecule has 0 unspecified atom stereocenters. The van der Waals surface area contributed by atoms with Gasteiger partial charge in [0, 0.05) is 19.9 Å². The van der Waals surface area contributed by atoms with Crippen molar-refractivity contribution in [2.75, 3.05) is 6.61 Å². The zero-order valence-electron chi connectivity index (χ0n) is 12.2. The number of aryl methyl sites for hydroxylation is 1. The largest absolute Gasteiger partial charge is 0.369 e. The first-order chi connectivity index (χ1) is 9.22. The standard InChI is InChI=1S/C12H21N3O4S/c1-9(2)5-6-19-10(3)12(16)14-20(17,18)11-7-13-15(4)8-11/h7-10H,5-6H2,1-4H3,(H,14,16)/t10-/m1/s1. The van der Waals surface area contributed by atoms with Crippen LogP contribution in [-0.2, 0) is 26.6 Å². The van der Waals surface area contributed by atoms with Gasteiger partial charge in [-0.05, 0) is 19.3 Å². The van der Waals surface area contributed by atoms with E-state index in [0.717, 1.165) is 6.42 Å². The second kappa shape index (κ2) is 6.85. The lowest BCUT2D eigenvalue weighted by Crippen LogP contribution is -2.38. The highest BCUT2D eigenvalue weighted by molar-refractivity contribution is 7.90. The summed E-state index contributed by atoms with van der Waals surface area (Å²) in [7, 11) is -2.29. The van der Waals surface area contributed by atoms with Gasteiger partial charge in [-0.3, -0.25) is 9.48 Å². The van der Waals surface area contributed by atoms with Gasteiger partial charge in [0.2, 0.25) is 0 Å². The molecule has 7 nitrogen and oxygen atoms in total. The molecule has 1 rings (SSSR count). The Morgan fingerprint density at radius 2 is 2.10 bits per heavy atom. The molecule has 1 aromatic heterocycles. The zero-order chi connectivity index (χ0) is 15.3. The molecule has 1 aromatic rings. The minimum absolute atomic E-state index is 0.0530. The van der Waals surface area contributed by atoms with Gasteiger partial charge >= 0.3 is 0 Å². The number of hydrogen-bond donors (Lipinski definition) is 1. The molecule has 0 aromatic carbocycles. The molecule has 0 fully saturated rings. The fourth-order valence-corrected chi connectivity index (χ4v) is 2.39. The lowest BCUT2D eigenvalue weighted by molar-refractivity contribution is -0.130. The summed E-state index contributed by atoms with van der Waals surface area (Å²) < 4.78 is 32.4. The first kappa shape index (κ1) is 16.6. The summed E-state index contributed by atoms with van der Waals surface area (Å²) in [5, 5.41) is 3.76. The Balaban J connectivity index is 2.56. The molecule has 0 aliphatic carbocycles. The van der Waals surface area contributed by atoms with E-state index in [2.05, 4.69) is 5.10 Å². The van der Waals surface area contributed by atoms with Gasteiger partial charge in [0.15, 0.2) is 0 Å². The van der Waals surface area contributed by atoms with Crippen LogP contribution in [0.2, 0.25) is 0 Å². The molecule has 0 saturated carbocycles. The molecule has 114 valence electrons. The van der Waals surface area contributed by atoms with Gasteiger partial charge in [0.25, 0.3) is 15.9 Å². The van der Waals surface area contributed by atoms with Crippen LogP contribution in [0.3, 0.4) is 0 Å². The quantitative estimate of drug-likeness (QED) is 0.800. The predicted molar refractivity (Wildman–Crippen MR) is 73.4 cm³/mol. The summed E-state index contributed by atoms with van der Waals surface area (Å²) in [4.78, 5) is 11.7. The smallest absolute Gasteiger partial charge is 0.267 e. The van der Waals surface area contributed by atoms with E-state index in [1.807, 2.05) is 18.6 Å². The molecule has 0 bridgehead atoms. The van der Waals surface area contributed by atoms with Crippen LogP contribution in [0.5, 0.6) is 0 Å². The van der Waals surface area contributed by atoms with Crippen molar-refractivity contribution in [3.63, 3.8) is 0 Å². The normalized spacial score (nSPS) is 13.4. The molecule has 0 radical (unpaired) electrons. The van der Waals surface area contributed by atoms with E-state index in [-0.39, 0.29) is 4.90 Å². The van der Waals surface area contributed by atoms with E-state index < -0.39 is 22.0 Å². The van der Waals surface area contributed by atoms with Gasteiger partial charge in [-0.25, -0.2) is 13.1 Å². The fraction of sp³-hybridized carbons (Fsp3) is 0.667. The van der Waals surface area contributed by atoms with E-state index in [1.165, 1.54) is 24.0 Å². The number of nitrogens with one attached hydrogen (secondary N) is 1. The van der Waals surface area contributed by atoms with Crippen LogP contribution in [0.25, 0.3) is 0 Å². The second-order valence-electron chi connectivity index (χ2n) is 5.01. The van der Waals surface area contributed by atoms with Crippen LogP contribution in [0, 0.1) is 5.92 Å². The Hall–Kier alpha value is -1.41. The van der Waals surface area contributed by atoms with Crippen LogP contribution in [0.1, 0.15) is 27.2 Å². The fourth-order valence-electron chi connectivity index (χ4n) is 1.37. The van der Waals surface area contributed by atoms with Crippen molar-refractivity contribution in [1.82, 2.24) is 14.5 Å². The molecule has 20 heavy (non-hydrogen) atoms. The zero-order valence-corrected chi connectivity index (χ0v) is 13.0. The Morgan fingerprint density at radius 1 is 1.45 bits per heavy atom. The Labute approximate surface area is 119 Å². The molecule has 1 atom stereocenters. The van der Waals surface area contributed by atoms with E-state index in [0.29, 0.717) is 12.5 Å². The summed E-state index contributed by atoms with van der Waals surface area (Å²) in [6, 6.07) is 0. The average Bonchev–Trinajstić information content (AvgIpc) is 2.75. The number of hydrogen-bond acceptors (Lipinski definition) is 5. The second-order valence-corrected chi connectivity index (χ2v) is 6.70. The van der Waals surface area contributed by atoms with Crippen LogP contribution in [0.4, 0.5) is 0 Å². The highest BCUT2D eigenvalue weighted by Crippen LogP contribution is 2.07. The lowest BCUT2D eigenvalue weighted by Gasteiger charge is -2.13. The van der Waals surface area contributed by atoms with Crippen molar-refractivity contribution in [1.29, 1.82) is 0 Å². The predicted octanol–water partition coefficient (Wildman–Crippen LogP) is 0.676. The van der Waals surface area contributed by atoms with E-state index in [9.17, 15) is 13.2 Å². The van der Waals surface area contributed by atoms with E-state index in [4.69, 9.17) is 4.74 Å². The number of amides is 1. The molecule has 8 heteroatoms. The summed E-state index contributed by atoms with van der Waals surface area (Å²) >= 11 is 0. The van der Waals surface area contributed by atoms with E-state index >= 15 is 0 Å². The van der Waals surface area contributed by atoms with Crippen molar-refractivity contribution in [3.8, 4) is 0 Å². The average molecular weight is 303 g/mol. The van der Waals surface area contributed by atoms with Crippen LogP contribution >= 0.6 is 0 Å². The third-order valence-corrected chi connectivity index (χ3v) is 3.96. The summed E-state index contributed by atoms with van der Waals surface area (Å²) in [5.74, 6) is -0.220. The van der Waals surface area contributed by atoms with Crippen molar-refractivity contribution in [3.05, 3.63) is 12.4 Å². The van der Waals surface area contributed by atoms with Gasteiger partial charge in [0.05, 0.1) is 6.20 Å². The number of carbonyl (C=O) groups is 1. The Kier molecular flexibility index (Phi) is 5.70. The minimum atomic E-state index is -3.89. The molecule has 1 N–H and O–H groups in total. The number of nitrogens with zero attached hydrogens (tertiary/aromatic N) is 2.